The Kier molecular flexibility index (Phi) is 6.38. The number of piperidine rings is 2. The van der Waals surface area contributed by atoms with Crippen LogP contribution in [0, 0.1) is 5.92 Å². The van der Waals surface area contributed by atoms with Gasteiger partial charge in [0, 0.05) is 51.1 Å². The molecule has 1 saturated carbocycles. The Balaban J connectivity index is 1.30. The van der Waals surface area contributed by atoms with Gasteiger partial charge in [0.05, 0.1) is 12.6 Å². The molecule has 3 fully saturated rings. The third kappa shape index (κ3) is 4.92. The molecule has 0 radical (unpaired) electrons. The number of carbonyl (C=O) groups excluding carboxylic acids is 2. The van der Waals surface area contributed by atoms with Gasteiger partial charge in [-0.1, -0.05) is 0 Å². The van der Waals surface area contributed by atoms with Crippen LogP contribution in [0.5, 0.6) is 5.75 Å². The Morgan fingerprint density at radius 3 is 2.34 bits per heavy atom. The highest BCUT2D eigenvalue weighted by atomic mass is 16.5. The van der Waals surface area contributed by atoms with Crippen LogP contribution < -0.4 is 4.74 Å². The number of carbonyl (C=O) groups is 2. The quantitative estimate of drug-likeness (QED) is 0.736. The second-order valence-corrected chi connectivity index (χ2v) is 8.54. The van der Waals surface area contributed by atoms with E-state index in [0.717, 1.165) is 70.3 Å². The van der Waals surface area contributed by atoms with Crippen LogP contribution in [0.25, 0.3) is 0 Å². The summed E-state index contributed by atoms with van der Waals surface area (Å²) in [5, 5.41) is 0. The number of hydrogen-bond donors (Lipinski definition) is 0. The average Bonchev–Trinajstić information content (AvgIpc) is 3.60. The molecular weight excluding hydrogens is 368 g/mol. The van der Waals surface area contributed by atoms with Crippen molar-refractivity contribution in [2.45, 2.75) is 57.1 Å². The average molecular weight is 401 g/mol. The first-order valence-corrected chi connectivity index (χ1v) is 11.0. The van der Waals surface area contributed by atoms with E-state index in [9.17, 15) is 9.59 Å². The van der Waals surface area contributed by atoms with E-state index in [0.29, 0.717) is 24.0 Å². The van der Waals surface area contributed by atoms with Crippen LogP contribution in [0.1, 0.15) is 55.3 Å². The maximum Gasteiger partial charge on any atom is 0.254 e. The highest BCUT2D eigenvalue weighted by Gasteiger charge is 2.35. The highest BCUT2D eigenvalue weighted by molar-refractivity contribution is 5.94. The number of hydrogen-bond acceptors (Lipinski definition) is 4. The molecule has 2 heterocycles. The molecule has 1 aromatic carbocycles. The Hall–Kier alpha value is -2.08. The molecule has 3 aliphatic rings. The molecule has 2 amide bonds. The summed E-state index contributed by atoms with van der Waals surface area (Å²) < 4.78 is 11.4. The van der Waals surface area contributed by atoms with E-state index in [-0.39, 0.29) is 18.1 Å². The Bertz CT molecular complexity index is 706. The van der Waals surface area contributed by atoms with Gasteiger partial charge in [0.1, 0.15) is 11.9 Å². The Labute approximate surface area is 173 Å². The van der Waals surface area contributed by atoms with Crippen LogP contribution in [0.15, 0.2) is 24.3 Å². The number of methoxy groups -OCH3 is 1. The van der Waals surface area contributed by atoms with Gasteiger partial charge < -0.3 is 19.3 Å². The molecule has 2 saturated heterocycles. The first-order valence-electron chi connectivity index (χ1n) is 11.0. The number of nitrogens with zero attached hydrogens (tertiary/aromatic N) is 2. The molecule has 29 heavy (non-hydrogen) atoms. The molecule has 2 aliphatic heterocycles. The van der Waals surface area contributed by atoms with Crippen molar-refractivity contribution in [3.8, 4) is 5.75 Å². The number of likely N-dealkylation sites (tertiary alicyclic amines) is 2. The molecule has 1 atom stereocenters. The Morgan fingerprint density at radius 2 is 1.69 bits per heavy atom. The Morgan fingerprint density at radius 1 is 0.966 bits per heavy atom. The predicted molar refractivity (Wildman–Crippen MR) is 110 cm³/mol. The van der Waals surface area contributed by atoms with Gasteiger partial charge in [0.2, 0.25) is 5.91 Å². The smallest absolute Gasteiger partial charge is 0.254 e. The van der Waals surface area contributed by atoms with E-state index >= 15 is 0 Å². The molecule has 1 aliphatic carbocycles. The standard InChI is InChI=1S/C23H32N2O4/c1-28-16-19-4-2-3-13-25(19)23(27)18-7-9-20(10-8-18)29-21-11-14-24(15-12-21)22(26)17-5-6-17/h7-10,17,19,21H,2-6,11-16H2,1H3/t19-/m1/s1. The fraction of sp³-hybridized carbons (Fsp3) is 0.652. The van der Waals surface area contributed by atoms with E-state index in [1.54, 1.807) is 7.11 Å². The van der Waals surface area contributed by atoms with Crippen molar-refractivity contribution in [2.24, 2.45) is 5.92 Å². The first kappa shape index (κ1) is 20.2. The molecule has 0 unspecified atom stereocenters. The lowest BCUT2D eigenvalue weighted by atomic mass is 10.0. The van der Waals surface area contributed by atoms with Crippen LogP contribution in [0.3, 0.4) is 0 Å². The zero-order valence-electron chi connectivity index (χ0n) is 17.3. The van der Waals surface area contributed by atoms with Crippen molar-refractivity contribution in [3.63, 3.8) is 0 Å². The minimum Gasteiger partial charge on any atom is -0.490 e. The molecule has 0 aromatic heterocycles. The number of rotatable bonds is 6. The molecular formula is C23H32N2O4. The molecule has 158 valence electrons. The molecule has 0 spiro atoms. The van der Waals surface area contributed by atoms with Gasteiger partial charge in [0.15, 0.2) is 0 Å². The molecule has 4 rings (SSSR count). The summed E-state index contributed by atoms with van der Waals surface area (Å²) in [7, 11) is 1.69. The van der Waals surface area contributed by atoms with Crippen molar-refractivity contribution < 1.29 is 19.1 Å². The summed E-state index contributed by atoms with van der Waals surface area (Å²) in [4.78, 5) is 29.0. The summed E-state index contributed by atoms with van der Waals surface area (Å²) in [6.45, 7) is 2.96. The molecule has 6 heteroatoms. The first-order chi connectivity index (χ1) is 14.2. The molecule has 0 N–H and O–H groups in total. The van der Waals surface area contributed by atoms with Crippen LogP contribution in [-0.4, -0.2) is 67.1 Å². The molecule has 0 bridgehead atoms. The lowest BCUT2D eigenvalue weighted by Gasteiger charge is -2.35. The second kappa shape index (κ2) is 9.16. The van der Waals surface area contributed by atoms with Crippen molar-refractivity contribution in [1.82, 2.24) is 9.80 Å². The van der Waals surface area contributed by atoms with Gasteiger partial charge in [-0.05, 0) is 56.4 Å². The number of amides is 2. The van der Waals surface area contributed by atoms with Gasteiger partial charge in [-0.3, -0.25) is 9.59 Å². The third-order valence-corrected chi connectivity index (χ3v) is 6.33. The summed E-state index contributed by atoms with van der Waals surface area (Å²) in [6, 6.07) is 7.68. The lowest BCUT2D eigenvalue weighted by molar-refractivity contribution is -0.134. The zero-order valence-corrected chi connectivity index (χ0v) is 17.3. The van der Waals surface area contributed by atoms with E-state index in [4.69, 9.17) is 9.47 Å². The van der Waals surface area contributed by atoms with Crippen molar-refractivity contribution in [1.29, 1.82) is 0 Å². The van der Waals surface area contributed by atoms with Gasteiger partial charge in [-0.15, -0.1) is 0 Å². The van der Waals surface area contributed by atoms with E-state index in [1.807, 2.05) is 34.1 Å². The largest absolute Gasteiger partial charge is 0.490 e. The molecule has 6 nitrogen and oxygen atoms in total. The highest BCUT2D eigenvalue weighted by Crippen LogP contribution is 2.32. The SMILES string of the molecule is COC[C@H]1CCCCN1C(=O)c1ccc(OC2CCN(C(=O)C3CC3)CC2)cc1. The van der Waals surface area contributed by atoms with Crippen LogP contribution in [0.4, 0.5) is 0 Å². The maximum atomic E-state index is 12.9. The second-order valence-electron chi connectivity index (χ2n) is 8.54. The van der Waals surface area contributed by atoms with E-state index < -0.39 is 0 Å². The van der Waals surface area contributed by atoms with Gasteiger partial charge in [-0.2, -0.15) is 0 Å². The maximum absolute atomic E-state index is 12.9. The van der Waals surface area contributed by atoms with Crippen LogP contribution in [-0.2, 0) is 9.53 Å². The zero-order chi connectivity index (χ0) is 20.2. The minimum absolute atomic E-state index is 0.0743. The lowest BCUT2D eigenvalue weighted by Crippen LogP contribution is -2.46. The van der Waals surface area contributed by atoms with Crippen molar-refractivity contribution in [3.05, 3.63) is 29.8 Å². The summed E-state index contributed by atoms with van der Waals surface area (Å²) in [5.41, 5.74) is 0.699. The topological polar surface area (TPSA) is 59.1 Å². The molecule has 1 aromatic rings. The fourth-order valence-electron chi connectivity index (χ4n) is 4.45. The van der Waals surface area contributed by atoms with Crippen LogP contribution in [0.2, 0.25) is 0 Å². The van der Waals surface area contributed by atoms with Crippen molar-refractivity contribution >= 4 is 11.8 Å². The fourth-order valence-corrected chi connectivity index (χ4v) is 4.45. The van der Waals surface area contributed by atoms with Gasteiger partial charge in [-0.25, -0.2) is 0 Å². The normalized spacial score (nSPS) is 23.1. The summed E-state index contributed by atoms with van der Waals surface area (Å²) in [6.07, 6.45) is 7.19. The third-order valence-electron chi connectivity index (χ3n) is 6.33. The van der Waals surface area contributed by atoms with E-state index in [2.05, 4.69) is 0 Å². The minimum atomic E-state index is 0.0743. The van der Waals surface area contributed by atoms with Crippen molar-refractivity contribution in [2.75, 3.05) is 33.4 Å². The predicted octanol–water partition coefficient (Wildman–Crippen LogP) is 3.11. The summed E-state index contributed by atoms with van der Waals surface area (Å²) >= 11 is 0. The number of benzene rings is 1. The van der Waals surface area contributed by atoms with Gasteiger partial charge >= 0.3 is 0 Å². The summed E-state index contributed by atoms with van der Waals surface area (Å²) in [5.74, 6) is 1.49. The van der Waals surface area contributed by atoms with E-state index in [1.165, 1.54) is 0 Å². The van der Waals surface area contributed by atoms with Gasteiger partial charge in [0.25, 0.3) is 5.91 Å². The van der Waals surface area contributed by atoms with Crippen LogP contribution >= 0.6 is 0 Å². The number of ether oxygens (including phenoxy) is 2. The monoisotopic (exact) mass is 400 g/mol.